The first kappa shape index (κ1) is 30.7. The van der Waals surface area contributed by atoms with Crippen LogP contribution in [-0.4, -0.2) is 57.1 Å². The van der Waals surface area contributed by atoms with E-state index in [0.29, 0.717) is 17.0 Å². The van der Waals surface area contributed by atoms with E-state index < -0.39 is 16.1 Å². The van der Waals surface area contributed by atoms with Crippen LogP contribution in [-0.2, 0) is 26.2 Å². The number of hydrogen-bond donors (Lipinski definition) is 1. The van der Waals surface area contributed by atoms with E-state index in [1.165, 1.54) is 34.5 Å². The quantitative estimate of drug-likeness (QED) is 0.385. The zero-order valence-corrected chi connectivity index (χ0v) is 24.2. The maximum Gasteiger partial charge on any atom is 0.242 e. The Kier molecular flexibility index (Phi) is 11.0. The molecule has 0 bridgehead atoms. The average Bonchev–Trinajstić information content (AvgIpc) is 2.90. The predicted molar refractivity (Wildman–Crippen MR) is 151 cm³/mol. The summed E-state index contributed by atoms with van der Waals surface area (Å²) in [6.07, 6.45) is 6.43. The molecule has 2 aromatic rings. The van der Waals surface area contributed by atoms with Crippen molar-refractivity contribution in [3.63, 3.8) is 0 Å². The molecule has 11 heteroatoms. The van der Waals surface area contributed by atoms with Crippen molar-refractivity contribution in [2.45, 2.75) is 70.5 Å². The highest BCUT2D eigenvalue weighted by Crippen LogP contribution is 2.30. The van der Waals surface area contributed by atoms with Gasteiger partial charge in [-0.15, -0.1) is 0 Å². The van der Waals surface area contributed by atoms with E-state index in [-0.39, 0.29) is 54.6 Å². The van der Waals surface area contributed by atoms with Gasteiger partial charge in [-0.25, -0.2) is 12.8 Å². The van der Waals surface area contributed by atoms with E-state index in [9.17, 15) is 22.4 Å². The van der Waals surface area contributed by atoms with E-state index >= 15 is 0 Å². The third-order valence-corrected chi connectivity index (χ3v) is 8.45. The smallest absolute Gasteiger partial charge is 0.242 e. The topological polar surface area (TPSA) is 96.0 Å². The van der Waals surface area contributed by atoms with E-state index in [1.54, 1.807) is 31.2 Å². The molecule has 0 saturated heterocycles. The summed E-state index contributed by atoms with van der Waals surface area (Å²) in [5.41, 5.74) is 1.05. The van der Waals surface area contributed by atoms with Gasteiger partial charge in [-0.2, -0.15) is 0 Å². The highest BCUT2D eigenvalue weighted by Gasteiger charge is 2.28. The molecule has 0 radical (unpaired) electrons. The molecule has 0 spiro atoms. The van der Waals surface area contributed by atoms with Crippen LogP contribution < -0.4 is 14.4 Å². The van der Waals surface area contributed by atoms with Gasteiger partial charge in [-0.05, 0) is 62.1 Å². The Morgan fingerprint density at radius 2 is 1.79 bits per heavy atom. The van der Waals surface area contributed by atoms with Crippen molar-refractivity contribution in [1.29, 1.82) is 0 Å². The number of halogens is 2. The number of nitrogens with one attached hydrogen (secondary N) is 1. The minimum Gasteiger partial charge on any atom is -0.495 e. The van der Waals surface area contributed by atoms with Gasteiger partial charge in [0.2, 0.25) is 21.8 Å². The number of methoxy groups -OCH3 is 1. The molecule has 1 atom stereocenters. The van der Waals surface area contributed by atoms with Crippen LogP contribution in [0, 0.1) is 5.82 Å². The highest BCUT2D eigenvalue weighted by atomic mass is 35.5. The van der Waals surface area contributed by atoms with E-state index in [2.05, 4.69) is 5.32 Å². The molecule has 39 heavy (non-hydrogen) atoms. The Hall–Kier alpha value is -2.85. The number of hydrogen-bond acceptors (Lipinski definition) is 5. The summed E-state index contributed by atoms with van der Waals surface area (Å²) in [7, 11) is -2.19. The monoisotopic (exact) mass is 581 g/mol. The second kappa shape index (κ2) is 14.0. The van der Waals surface area contributed by atoms with Crippen molar-refractivity contribution in [1.82, 2.24) is 10.2 Å². The lowest BCUT2D eigenvalue weighted by Crippen LogP contribution is -2.50. The molecular weight excluding hydrogens is 545 g/mol. The van der Waals surface area contributed by atoms with Crippen molar-refractivity contribution in [2.75, 3.05) is 24.2 Å². The largest absolute Gasteiger partial charge is 0.495 e. The maximum absolute atomic E-state index is 13.5. The van der Waals surface area contributed by atoms with Crippen molar-refractivity contribution in [3.05, 3.63) is 58.9 Å². The number of carbonyl (C=O) groups excluding carboxylic acids is 2. The van der Waals surface area contributed by atoms with Crippen LogP contribution in [0.2, 0.25) is 5.02 Å². The van der Waals surface area contributed by atoms with E-state index in [1.807, 2.05) is 0 Å². The predicted octanol–water partition coefficient (Wildman–Crippen LogP) is 4.90. The van der Waals surface area contributed by atoms with Gasteiger partial charge < -0.3 is 15.0 Å². The van der Waals surface area contributed by atoms with Gasteiger partial charge >= 0.3 is 0 Å². The molecule has 0 unspecified atom stereocenters. The fourth-order valence-electron chi connectivity index (χ4n) is 4.75. The standard InChI is InChI=1S/C28H37ClFN3O5S/c1-20(28(35)31-23-8-5-4-6-9-23)32(19-21-11-13-22(30)14-12-21)27(34)10-7-17-33(39(3,36)37)24-15-16-26(38-2)25(29)18-24/h11-16,18,20,23H,4-10,17,19H2,1-3H3,(H,31,35)/t20-/m1/s1. The molecule has 0 heterocycles. The number of amides is 2. The number of benzene rings is 2. The summed E-state index contributed by atoms with van der Waals surface area (Å²) >= 11 is 6.20. The molecule has 8 nitrogen and oxygen atoms in total. The summed E-state index contributed by atoms with van der Waals surface area (Å²) in [6, 6.07) is 9.81. The second-order valence-electron chi connectivity index (χ2n) is 9.93. The molecule has 0 aromatic heterocycles. The van der Waals surface area contributed by atoms with Crippen LogP contribution in [0.1, 0.15) is 57.4 Å². The highest BCUT2D eigenvalue weighted by molar-refractivity contribution is 7.92. The van der Waals surface area contributed by atoms with Crippen LogP contribution in [0.15, 0.2) is 42.5 Å². The summed E-state index contributed by atoms with van der Waals surface area (Å²) in [4.78, 5) is 28.0. The minimum atomic E-state index is -3.66. The zero-order chi connectivity index (χ0) is 28.6. The average molecular weight is 582 g/mol. The van der Waals surface area contributed by atoms with Gasteiger partial charge in [0.05, 0.1) is 24.1 Å². The molecule has 1 fully saturated rings. The van der Waals surface area contributed by atoms with Crippen LogP contribution in [0.25, 0.3) is 0 Å². The fourth-order valence-corrected chi connectivity index (χ4v) is 5.96. The van der Waals surface area contributed by atoms with Gasteiger partial charge in [0.1, 0.15) is 17.6 Å². The molecule has 1 aliphatic carbocycles. The molecule has 2 aromatic carbocycles. The van der Waals surface area contributed by atoms with Gasteiger partial charge in [-0.1, -0.05) is 43.0 Å². The molecule has 1 saturated carbocycles. The molecule has 0 aliphatic heterocycles. The van der Waals surface area contributed by atoms with Crippen LogP contribution in [0.4, 0.5) is 10.1 Å². The second-order valence-corrected chi connectivity index (χ2v) is 12.2. The Morgan fingerprint density at radius 1 is 1.13 bits per heavy atom. The summed E-state index contributed by atoms with van der Waals surface area (Å²) in [6.45, 7) is 1.85. The number of sulfonamides is 1. The number of carbonyl (C=O) groups is 2. The summed E-state index contributed by atoms with van der Waals surface area (Å²) in [5, 5.41) is 3.34. The lowest BCUT2D eigenvalue weighted by Gasteiger charge is -2.31. The number of ether oxygens (including phenoxy) is 1. The SMILES string of the molecule is COc1ccc(N(CCCC(=O)N(Cc2ccc(F)cc2)[C@H](C)C(=O)NC2CCCCC2)S(C)(=O)=O)cc1Cl. The van der Waals surface area contributed by atoms with Crippen LogP contribution >= 0.6 is 11.6 Å². The van der Waals surface area contributed by atoms with Gasteiger partial charge in [0.25, 0.3) is 0 Å². The van der Waals surface area contributed by atoms with Gasteiger partial charge in [0.15, 0.2) is 0 Å². The van der Waals surface area contributed by atoms with Crippen molar-refractivity contribution in [3.8, 4) is 5.75 Å². The van der Waals surface area contributed by atoms with Crippen LogP contribution in [0.5, 0.6) is 5.75 Å². The molecule has 214 valence electrons. The first-order valence-corrected chi connectivity index (χ1v) is 15.4. The Bertz CT molecular complexity index is 1240. The summed E-state index contributed by atoms with van der Waals surface area (Å²) < 4.78 is 44.9. The van der Waals surface area contributed by atoms with Crippen LogP contribution in [0.3, 0.4) is 0 Å². The lowest BCUT2D eigenvalue weighted by molar-refractivity contribution is -0.141. The Labute approximate surface area is 235 Å². The molecular formula is C28H37ClFN3O5S. The maximum atomic E-state index is 13.5. The van der Waals surface area contributed by atoms with Gasteiger partial charge in [0, 0.05) is 25.6 Å². The molecule has 1 N–H and O–H groups in total. The molecule has 1 aliphatic rings. The summed E-state index contributed by atoms with van der Waals surface area (Å²) in [5.74, 6) is -0.505. The normalized spacial score (nSPS) is 14.9. The third kappa shape index (κ3) is 8.83. The van der Waals surface area contributed by atoms with Gasteiger partial charge in [-0.3, -0.25) is 13.9 Å². The van der Waals surface area contributed by atoms with E-state index in [0.717, 1.165) is 38.4 Å². The number of rotatable bonds is 12. The lowest BCUT2D eigenvalue weighted by atomic mass is 9.95. The fraction of sp³-hybridized carbons (Fsp3) is 0.500. The first-order chi connectivity index (χ1) is 18.5. The van der Waals surface area contributed by atoms with E-state index in [4.69, 9.17) is 16.3 Å². The zero-order valence-electron chi connectivity index (χ0n) is 22.7. The third-order valence-electron chi connectivity index (χ3n) is 6.96. The van der Waals surface area contributed by atoms with Crippen molar-refractivity contribution >= 4 is 39.1 Å². The Morgan fingerprint density at radius 3 is 2.38 bits per heavy atom. The van der Waals surface area contributed by atoms with Crippen molar-refractivity contribution in [2.24, 2.45) is 0 Å². The first-order valence-electron chi connectivity index (χ1n) is 13.1. The minimum absolute atomic E-state index is 0.0121. The number of anilines is 1. The van der Waals surface area contributed by atoms with Crippen molar-refractivity contribution < 1.29 is 27.1 Å². The Balaban J connectivity index is 1.72. The number of nitrogens with zero attached hydrogens (tertiary/aromatic N) is 2. The molecule has 2 amide bonds. The molecule has 3 rings (SSSR count).